The van der Waals surface area contributed by atoms with Crippen LogP contribution in [0.25, 0.3) is 0 Å². The molecule has 0 unspecified atom stereocenters. The number of hydrogen-bond donors (Lipinski definition) is 2. The fraction of sp³-hybridized carbons (Fsp3) is 0.227. The lowest BCUT2D eigenvalue weighted by molar-refractivity contribution is -0.137. The van der Waals surface area contributed by atoms with Crippen LogP contribution in [-0.4, -0.2) is 5.91 Å². The molecule has 0 saturated heterocycles. The van der Waals surface area contributed by atoms with Crippen LogP contribution in [-0.2, 0) is 19.0 Å². The first-order valence-corrected chi connectivity index (χ1v) is 11.1. The van der Waals surface area contributed by atoms with E-state index in [1.54, 1.807) is 35.6 Å². The number of aryl methyl sites for hydroxylation is 2. The van der Waals surface area contributed by atoms with Crippen LogP contribution in [0.4, 0.5) is 24.5 Å². The van der Waals surface area contributed by atoms with E-state index in [-0.39, 0.29) is 5.91 Å². The van der Waals surface area contributed by atoms with Gasteiger partial charge in [0.1, 0.15) is 0 Å². The molecule has 0 radical (unpaired) electrons. The van der Waals surface area contributed by atoms with E-state index < -0.39 is 11.7 Å². The number of carbonyl (C=O) groups is 1. The van der Waals surface area contributed by atoms with E-state index in [2.05, 4.69) is 10.0 Å². The number of alkyl halides is 3. The van der Waals surface area contributed by atoms with Crippen LogP contribution in [0.5, 0.6) is 0 Å². The summed E-state index contributed by atoms with van der Waals surface area (Å²) < 4.78 is 41.5. The monoisotopic (exact) mass is 448 g/mol. The van der Waals surface area contributed by atoms with Crippen molar-refractivity contribution in [2.75, 3.05) is 10.0 Å². The fourth-order valence-electron chi connectivity index (χ4n) is 3.31. The fourth-order valence-corrected chi connectivity index (χ4v) is 5.15. The van der Waals surface area contributed by atoms with Crippen LogP contribution < -0.4 is 10.0 Å². The van der Waals surface area contributed by atoms with E-state index in [1.165, 1.54) is 41.3 Å². The summed E-state index contributed by atoms with van der Waals surface area (Å²) in [5, 5.41) is 2.92. The Morgan fingerprint density at radius 2 is 1.73 bits per heavy atom. The third kappa shape index (κ3) is 4.99. The second-order valence-electron chi connectivity index (χ2n) is 7.03. The third-order valence-corrected chi connectivity index (χ3v) is 6.85. The zero-order valence-corrected chi connectivity index (χ0v) is 17.5. The first-order chi connectivity index (χ1) is 14.4. The summed E-state index contributed by atoms with van der Waals surface area (Å²) in [5.41, 5.74) is 1.58. The van der Waals surface area contributed by atoms with Crippen molar-refractivity contribution in [2.45, 2.75) is 36.8 Å². The molecular weight excluding hydrogens is 429 g/mol. The molecule has 0 fully saturated rings. The van der Waals surface area contributed by atoms with Gasteiger partial charge >= 0.3 is 6.18 Å². The topological polar surface area (TPSA) is 41.1 Å². The molecular formula is C22H19F3N2OS2. The highest BCUT2D eigenvalue weighted by Gasteiger charge is 2.30. The van der Waals surface area contributed by atoms with Gasteiger partial charge in [0.25, 0.3) is 5.91 Å². The van der Waals surface area contributed by atoms with Gasteiger partial charge < -0.3 is 10.0 Å². The predicted molar refractivity (Wildman–Crippen MR) is 116 cm³/mol. The van der Waals surface area contributed by atoms with Crippen LogP contribution in [0.1, 0.15) is 38.5 Å². The maximum atomic E-state index is 12.8. The van der Waals surface area contributed by atoms with Crippen LogP contribution in [0, 0.1) is 0 Å². The van der Waals surface area contributed by atoms with Gasteiger partial charge in [0.2, 0.25) is 0 Å². The number of hydrogen-bond acceptors (Lipinski definition) is 4. The van der Waals surface area contributed by atoms with E-state index in [1.807, 2.05) is 12.1 Å². The summed E-state index contributed by atoms with van der Waals surface area (Å²) in [5.74, 6) is -0.137. The first-order valence-electron chi connectivity index (χ1n) is 9.51. The molecule has 1 heterocycles. The number of rotatable bonds is 5. The highest BCUT2D eigenvalue weighted by Crippen LogP contribution is 2.33. The lowest BCUT2D eigenvalue weighted by Crippen LogP contribution is -2.10. The molecule has 0 aliphatic heterocycles. The SMILES string of the molecule is O=C(Nc1cccc(SNc2cccc(C(F)(F)F)c2)c1)c1cc2c(s1)CCCC2. The molecule has 8 heteroatoms. The van der Waals surface area contributed by atoms with Crippen molar-refractivity contribution in [3.63, 3.8) is 0 Å². The molecule has 0 spiro atoms. The van der Waals surface area contributed by atoms with E-state index in [9.17, 15) is 18.0 Å². The molecule has 3 nitrogen and oxygen atoms in total. The molecule has 1 aromatic heterocycles. The summed E-state index contributed by atoms with van der Waals surface area (Å²) in [7, 11) is 0. The van der Waals surface area contributed by atoms with E-state index >= 15 is 0 Å². The average molecular weight is 449 g/mol. The molecule has 4 rings (SSSR count). The van der Waals surface area contributed by atoms with E-state index in [0.29, 0.717) is 16.3 Å². The van der Waals surface area contributed by atoms with Crippen molar-refractivity contribution < 1.29 is 18.0 Å². The van der Waals surface area contributed by atoms with Crippen molar-refractivity contribution in [1.82, 2.24) is 0 Å². The van der Waals surface area contributed by atoms with Gasteiger partial charge in [-0.1, -0.05) is 12.1 Å². The Morgan fingerprint density at radius 1 is 0.967 bits per heavy atom. The molecule has 0 atom stereocenters. The zero-order valence-electron chi connectivity index (χ0n) is 15.9. The molecule has 1 aliphatic carbocycles. The number of halogens is 3. The number of amides is 1. The Labute approximate surface area is 180 Å². The highest BCUT2D eigenvalue weighted by molar-refractivity contribution is 8.00. The zero-order chi connectivity index (χ0) is 21.1. The van der Waals surface area contributed by atoms with Crippen molar-refractivity contribution in [2.24, 2.45) is 0 Å². The summed E-state index contributed by atoms with van der Waals surface area (Å²) >= 11 is 2.74. The second kappa shape index (κ2) is 8.73. The Balaban J connectivity index is 1.40. The molecule has 0 bridgehead atoms. The standard InChI is InChI=1S/C22H19F3N2OS2/c23-22(24,25)15-6-3-8-17(12-15)27-30-18-9-4-7-16(13-18)26-21(28)20-11-14-5-1-2-10-19(14)29-20/h3-4,6-9,11-13,27H,1-2,5,10H2,(H,26,28). The van der Waals surface area contributed by atoms with Crippen molar-refractivity contribution >= 4 is 40.6 Å². The summed E-state index contributed by atoms with van der Waals surface area (Å²) in [6.07, 6.45) is 0.0380. The van der Waals surface area contributed by atoms with E-state index in [4.69, 9.17) is 0 Å². The summed E-state index contributed by atoms with van der Waals surface area (Å²) in [4.78, 5) is 15.4. The van der Waals surface area contributed by atoms with Crippen LogP contribution in [0.15, 0.2) is 59.5 Å². The van der Waals surface area contributed by atoms with Crippen LogP contribution in [0.2, 0.25) is 0 Å². The quantitative estimate of drug-likeness (QED) is 0.412. The largest absolute Gasteiger partial charge is 0.416 e. The van der Waals surface area contributed by atoms with Gasteiger partial charge in [-0.2, -0.15) is 13.2 Å². The Morgan fingerprint density at radius 3 is 2.53 bits per heavy atom. The summed E-state index contributed by atoms with van der Waals surface area (Å²) in [6.45, 7) is 0. The third-order valence-electron chi connectivity index (χ3n) is 4.79. The normalized spacial score (nSPS) is 13.6. The number of nitrogens with one attached hydrogen (secondary N) is 2. The van der Waals surface area contributed by atoms with Crippen LogP contribution >= 0.6 is 23.3 Å². The van der Waals surface area contributed by atoms with E-state index in [0.717, 1.165) is 29.9 Å². The number of benzene rings is 2. The molecule has 1 aliphatic rings. The Hall–Kier alpha value is -2.45. The number of carbonyl (C=O) groups excluding carboxylic acids is 1. The molecule has 2 aromatic carbocycles. The molecule has 156 valence electrons. The summed E-state index contributed by atoms with van der Waals surface area (Å²) in [6, 6.07) is 14.2. The van der Waals surface area contributed by atoms with Gasteiger partial charge in [0.15, 0.2) is 0 Å². The molecule has 2 N–H and O–H groups in total. The van der Waals surface area contributed by atoms with Gasteiger partial charge in [-0.3, -0.25) is 4.79 Å². The number of anilines is 2. The minimum absolute atomic E-state index is 0.137. The molecule has 1 amide bonds. The number of thiophene rings is 1. The average Bonchev–Trinajstić information content (AvgIpc) is 3.17. The van der Waals surface area contributed by atoms with Crippen molar-refractivity contribution in [1.29, 1.82) is 0 Å². The van der Waals surface area contributed by atoms with Crippen molar-refractivity contribution in [3.8, 4) is 0 Å². The van der Waals surface area contributed by atoms with Gasteiger partial charge in [-0.15, -0.1) is 11.3 Å². The maximum Gasteiger partial charge on any atom is 0.416 e. The minimum Gasteiger partial charge on any atom is -0.326 e. The predicted octanol–water partition coefficient (Wildman–Crippen LogP) is 7.02. The van der Waals surface area contributed by atoms with Gasteiger partial charge in [-0.05, 0) is 85.7 Å². The van der Waals surface area contributed by atoms with Gasteiger partial charge in [0, 0.05) is 21.1 Å². The van der Waals surface area contributed by atoms with Gasteiger partial charge in [-0.25, -0.2) is 0 Å². The molecule has 3 aromatic rings. The Kier molecular flexibility index (Phi) is 6.06. The maximum absolute atomic E-state index is 12.8. The smallest absolute Gasteiger partial charge is 0.326 e. The second-order valence-corrected chi connectivity index (χ2v) is 9.05. The molecule has 0 saturated carbocycles. The molecule has 30 heavy (non-hydrogen) atoms. The Bertz CT molecular complexity index is 1040. The van der Waals surface area contributed by atoms with Crippen molar-refractivity contribution in [3.05, 3.63) is 75.5 Å². The lowest BCUT2D eigenvalue weighted by atomic mass is 9.99. The van der Waals surface area contributed by atoms with Crippen LogP contribution in [0.3, 0.4) is 0 Å². The lowest BCUT2D eigenvalue weighted by Gasteiger charge is -2.11. The first kappa shape index (κ1) is 20.8. The number of fused-ring (bicyclic) bond motifs is 1. The van der Waals surface area contributed by atoms with Gasteiger partial charge in [0.05, 0.1) is 10.4 Å². The minimum atomic E-state index is -4.38. The highest BCUT2D eigenvalue weighted by atomic mass is 32.2.